The van der Waals surface area contributed by atoms with Crippen molar-refractivity contribution in [2.75, 3.05) is 19.6 Å². The molecule has 9 fully saturated rings. The highest BCUT2D eigenvalue weighted by atomic mass is 16.6. The molecule has 1 aromatic rings. The number of nitrogens with zero attached hydrogens (tertiary/aromatic N) is 2. The summed E-state index contributed by atoms with van der Waals surface area (Å²) >= 11 is 0. The number of rotatable bonds is 5. The van der Waals surface area contributed by atoms with E-state index in [9.17, 15) is 5.11 Å². The Morgan fingerprint density at radius 1 is 0.833 bits per heavy atom. The number of carbonyl (C=O) groups is 2. The summed E-state index contributed by atoms with van der Waals surface area (Å²) < 4.78 is 15.0. The summed E-state index contributed by atoms with van der Waals surface area (Å²) in [4.78, 5) is 38.4. The number of aliphatic hydroxyl groups is 1. The highest BCUT2D eigenvalue weighted by Crippen LogP contribution is 2.89. The lowest BCUT2D eigenvalue weighted by Gasteiger charge is -2.74. The number of nitrogens with two attached hydrogens (primary N) is 1. The lowest BCUT2D eigenvalue weighted by molar-refractivity contribution is -0.284. The minimum atomic E-state index is -1.13. The number of aliphatic hydroxyl groups excluding tert-OH is 1. The fourth-order valence-corrected chi connectivity index (χ4v) is 24.2. The number of carbonyl (C=O) groups excluding carboxylic acids is 2. The van der Waals surface area contributed by atoms with Crippen LogP contribution in [0.1, 0.15) is 189 Å². The number of fused-ring (bicyclic) bond motifs is 8. The van der Waals surface area contributed by atoms with Crippen LogP contribution in [0, 0.1) is 80.8 Å². The molecule has 0 radical (unpaired) electrons. The Morgan fingerprint density at radius 2 is 1.67 bits per heavy atom. The topological polar surface area (TPSA) is 105 Å². The largest absolute Gasteiger partial charge is 0.508 e. The van der Waals surface area contributed by atoms with Crippen LogP contribution in [0.4, 0.5) is 0 Å². The molecule has 16 atom stereocenters. The molecule has 0 aromatic heterocycles. The van der Waals surface area contributed by atoms with Gasteiger partial charge in [0.1, 0.15) is 11.2 Å². The number of benzene rings is 1. The summed E-state index contributed by atoms with van der Waals surface area (Å²) in [6.45, 7) is 5.52. The van der Waals surface area contributed by atoms with E-state index in [0.29, 0.717) is 95.4 Å². The third-order valence-electron chi connectivity index (χ3n) is 26.4. The Morgan fingerprint density at radius 3 is 2.53 bits per heavy atom. The molecular weight excluding hydrogens is 891 g/mol. The SMILES string of the molecule is C[C@@H]1CC2=C3[C@H]4C5=C6[C@@H]7C[C@@]41CCC7=C[C@@H](C1CCCC1)C[C@H]1[C@]64C(=O)O/C(=C(/O)[C@@H]6CC[C@@H]7[C@@H]8C[C@@H](CN7[C@H]6[C@@H]6CCCC7(CCCC7)C6)[C@@H](CC2)N3C8)[C@@]4(CC5)[C@]12OC(=O)c1c(CCCN)cccc12. The van der Waals surface area contributed by atoms with Crippen molar-refractivity contribution >= 4 is 11.9 Å². The van der Waals surface area contributed by atoms with Gasteiger partial charge in [-0.2, -0.15) is 0 Å². The molecule has 16 aliphatic rings. The fraction of sp³-hybridized carbons (Fsp3) is 0.750. The van der Waals surface area contributed by atoms with Crippen molar-refractivity contribution in [1.82, 2.24) is 9.80 Å². The summed E-state index contributed by atoms with van der Waals surface area (Å²) in [7, 11) is 0. The lowest BCUT2D eigenvalue weighted by Crippen LogP contribution is -2.78. The van der Waals surface area contributed by atoms with E-state index in [2.05, 4.69) is 41.0 Å². The maximum Gasteiger partial charge on any atom is 0.339 e. The second-order valence-corrected chi connectivity index (χ2v) is 28.4. The summed E-state index contributed by atoms with van der Waals surface area (Å²) in [5, 5.41) is 14.3. The van der Waals surface area contributed by atoms with E-state index in [1.807, 2.05) is 0 Å². The van der Waals surface area contributed by atoms with Gasteiger partial charge in [-0.15, -0.1) is 0 Å². The zero-order valence-corrected chi connectivity index (χ0v) is 43.4. The number of ether oxygens (including phenoxy) is 2. The van der Waals surface area contributed by atoms with E-state index < -0.39 is 16.4 Å². The van der Waals surface area contributed by atoms with Crippen molar-refractivity contribution in [2.45, 2.75) is 198 Å². The van der Waals surface area contributed by atoms with Crippen molar-refractivity contribution in [3.8, 4) is 0 Å². The normalized spacial score (nSPS) is 48.6. The van der Waals surface area contributed by atoms with Gasteiger partial charge >= 0.3 is 11.9 Å². The number of allylic oxidation sites excluding steroid dienone is 4. The van der Waals surface area contributed by atoms with E-state index in [-0.39, 0.29) is 41.1 Å². The number of hydrogen-bond donors (Lipinski definition) is 2. The van der Waals surface area contributed by atoms with E-state index in [0.717, 1.165) is 62.6 Å². The smallest absolute Gasteiger partial charge is 0.339 e. The molecular formula is C64H81N3O5. The predicted octanol–water partition coefficient (Wildman–Crippen LogP) is 12.1. The third kappa shape index (κ3) is 4.96. The summed E-state index contributed by atoms with van der Waals surface area (Å²) in [5.74, 6) is 3.86. The molecule has 382 valence electrons. The molecule has 8 nitrogen and oxygen atoms in total. The highest BCUT2D eigenvalue weighted by molar-refractivity contribution is 6.00. The van der Waals surface area contributed by atoms with E-state index in [4.69, 9.17) is 15.2 Å². The van der Waals surface area contributed by atoms with Crippen molar-refractivity contribution in [2.24, 2.45) is 86.6 Å². The first-order chi connectivity index (χ1) is 35.2. The molecule has 72 heavy (non-hydrogen) atoms. The standard InChI is InChI=1S/C64H81N3O5/c1-35-27-39-15-17-48-42-29-43-34-67(48)55(39)53-44-20-25-62-57(56(68)45-16-18-49(43)66(33-42)54(45)40-12-7-23-60(31-40)21-4-5-22-60)71-59(70)63(62)50(64(62)47-14-6-11-37(13-8-26-65)51(47)58(69)72-64)30-41(36-9-2-3-10-36)28-38-19-24-61(35,53)32-46(38)52(44)63/h6,11,14,28,35-36,40-43,45-46,48-50,53-54,68H,2-5,7-10,12-13,15-27,29-34,65H2,1H3/b38-28?,57-56+/t35-,40-,41-,42+,43-,45-,46-,48-,49-,50+,53-,54+,61-,62-,63-,64-/m1/s1. The number of piperidine rings is 3. The van der Waals surface area contributed by atoms with Crippen LogP contribution in [0.3, 0.4) is 0 Å². The monoisotopic (exact) mass is 972 g/mol. The molecule has 0 amide bonds. The summed E-state index contributed by atoms with van der Waals surface area (Å²) in [6.07, 6.45) is 32.8. The Hall–Kier alpha value is -3.36. The number of aryl methyl sites for hydroxylation is 1. The molecule has 17 rings (SSSR count). The van der Waals surface area contributed by atoms with Crippen molar-refractivity contribution in [1.29, 1.82) is 0 Å². The maximum atomic E-state index is 16.8. The van der Waals surface area contributed by atoms with Crippen molar-refractivity contribution in [3.63, 3.8) is 0 Å². The van der Waals surface area contributed by atoms with Crippen molar-refractivity contribution in [3.05, 3.63) is 80.5 Å². The van der Waals surface area contributed by atoms with Gasteiger partial charge in [-0.3, -0.25) is 9.69 Å². The average molecular weight is 972 g/mol. The zero-order chi connectivity index (χ0) is 47.8. The molecule has 9 bridgehead atoms. The molecule has 4 saturated heterocycles. The first-order valence-electron chi connectivity index (χ1n) is 30.6. The maximum absolute atomic E-state index is 16.8. The van der Waals surface area contributed by atoms with Gasteiger partial charge in [0.05, 0.1) is 11.0 Å². The minimum Gasteiger partial charge on any atom is -0.508 e. The molecule has 3 N–H and O–H groups in total. The van der Waals surface area contributed by atoms with Crippen LogP contribution in [-0.4, -0.2) is 64.6 Å². The van der Waals surface area contributed by atoms with Gasteiger partial charge in [-0.05, 0) is 199 Å². The first kappa shape index (κ1) is 43.8. The van der Waals surface area contributed by atoms with Gasteiger partial charge in [0.25, 0.3) is 0 Å². The minimum absolute atomic E-state index is 0.110. The highest BCUT2D eigenvalue weighted by Gasteiger charge is 2.94. The molecule has 8 heteroatoms. The average Bonchev–Trinajstić information content (AvgIpc) is 4.25. The van der Waals surface area contributed by atoms with Gasteiger partial charge in [0, 0.05) is 66.1 Å². The molecule has 1 aromatic carbocycles. The lowest BCUT2D eigenvalue weighted by atomic mass is 9.26. The molecule has 7 heterocycles. The van der Waals surface area contributed by atoms with E-state index >= 15 is 9.59 Å². The van der Waals surface area contributed by atoms with E-state index in [1.165, 1.54) is 121 Å². The van der Waals surface area contributed by atoms with Crippen LogP contribution < -0.4 is 5.73 Å². The zero-order valence-electron chi connectivity index (χ0n) is 43.4. The Kier molecular flexibility index (Phi) is 8.99. The fourth-order valence-electron chi connectivity index (χ4n) is 24.2. The van der Waals surface area contributed by atoms with Crippen LogP contribution in [0.5, 0.6) is 0 Å². The number of esters is 2. The van der Waals surface area contributed by atoms with Crippen LogP contribution in [0.15, 0.2) is 63.8 Å². The molecule has 5 spiro atoms. The Labute approximate surface area is 428 Å². The van der Waals surface area contributed by atoms with Crippen molar-refractivity contribution < 1.29 is 24.2 Å². The van der Waals surface area contributed by atoms with Crippen LogP contribution >= 0.6 is 0 Å². The molecule has 9 aliphatic carbocycles. The van der Waals surface area contributed by atoms with Crippen LogP contribution in [-0.2, 0) is 26.3 Å². The quantitative estimate of drug-likeness (QED) is 0.222. The van der Waals surface area contributed by atoms with Gasteiger partial charge in [0.15, 0.2) is 11.4 Å². The Balaban J connectivity index is 0.973. The Bertz CT molecular complexity index is 2740. The summed E-state index contributed by atoms with van der Waals surface area (Å²) in [5.41, 5.74) is 14.5. The van der Waals surface area contributed by atoms with E-state index in [1.54, 1.807) is 22.4 Å². The third-order valence-corrected chi connectivity index (χ3v) is 26.4. The van der Waals surface area contributed by atoms with Gasteiger partial charge in [-0.1, -0.05) is 80.0 Å². The van der Waals surface area contributed by atoms with Crippen LogP contribution in [0.25, 0.3) is 0 Å². The number of hydrogen-bond acceptors (Lipinski definition) is 8. The van der Waals surface area contributed by atoms with Gasteiger partial charge in [-0.25, -0.2) is 4.79 Å². The molecule has 0 unspecified atom stereocenters. The summed E-state index contributed by atoms with van der Waals surface area (Å²) in [6, 6.07) is 7.81. The molecule has 7 aliphatic heterocycles. The predicted molar refractivity (Wildman–Crippen MR) is 275 cm³/mol. The van der Waals surface area contributed by atoms with Crippen LogP contribution in [0.2, 0.25) is 0 Å². The second-order valence-electron chi connectivity index (χ2n) is 28.4. The second kappa shape index (κ2) is 14.8. The van der Waals surface area contributed by atoms with Gasteiger partial charge in [0.2, 0.25) is 0 Å². The first-order valence-corrected chi connectivity index (χ1v) is 30.6. The van der Waals surface area contributed by atoms with Gasteiger partial charge < -0.3 is 25.2 Å². The molecule has 5 saturated carbocycles.